The van der Waals surface area contributed by atoms with Crippen LogP contribution in [0.1, 0.15) is 17.5 Å². The van der Waals surface area contributed by atoms with Gasteiger partial charge < -0.3 is 5.32 Å². The fourth-order valence-corrected chi connectivity index (χ4v) is 3.69. The van der Waals surface area contributed by atoms with E-state index in [0.29, 0.717) is 16.7 Å². The second-order valence-corrected chi connectivity index (χ2v) is 6.58. The summed E-state index contributed by atoms with van der Waals surface area (Å²) in [6.07, 6.45) is 3.25. The van der Waals surface area contributed by atoms with Crippen molar-refractivity contribution in [2.45, 2.75) is 19.3 Å². The summed E-state index contributed by atoms with van der Waals surface area (Å²) >= 11 is 0. The first-order valence-corrected chi connectivity index (χ1v) is 8.77. The van der Waals surface area contributed by atoms with Crippen LogP contribution in [0, 0.1) is 5.82 Å². The number of hydrogen-bond acceptors (Lipinski definition) is 3. The van der Waals surface area contributed by atoms with E-state index in [2.05, 4.69) is 26.6 Å². The number of nitrogens with zero attached hydrogens (tertiary/aromatic N) is 2. The van der Waals surface area contributed by atoms with E-state index in [4.69, 9.17) is 0 Å². The molecule has 0 aliphatic heterocycles. The average Bonchev–Trinajstić information content (AvgIpc) is 3.30. The number of anilines is 2. The van der Waals surface area contributed by atoms with Gasteiger partial charge in [-0.05, 0) is 42.5 Å². The molecule has 1 aliphatic carbocycles. The quantitative estimate of drug-likeness (QED) is 0.550. The Hall–Kier alpha value is -3.21. The van der Waals surface area contributed by atoms with Gasteiger partial charge in [-0.25, -0.2) is 9.37 Å². The molecule has 2 aromatic heterocycles. The van der Waals surface area contributed by atoms with Crippen LogP contribution >= 0.6 is 0 Å². The van der Waals surface area contributed by atoms with Crippen molar-refractivity contribution < 1.29 is 4.39 Å². The molecule has 5 rings (SSSR count). The van der Waals surface area contributed by atoms with Gasteiger partial charge in [-0.15, -0.1) is 0 Å². The highest BCUT2D eigenvalue weighted by Crippen LogP contribution is 2.32. The van der Waals surface area contributed by atoms with Gasteiger partial charge in [-0.1, -0.05) is 42.5 Å². The number of fused-ring (bicyclic) bond motifs is 2. The number of H-pyrrole nitrogens is 1. The Kier molecular flexibility index (Phi) is 3.45. The summed E-state index contributed by atoms with van der Waals surface area (Å²) in [5.74, 6) is -0.159. The number of nitrogens with one attached hydrogen (secondary N) is 2. The van der Waals surface area contributed by atoms with Crippen molar-refractivity contribution >= 4 is 22.5 Å². The molecule has 0 fully saturated rings. The van der Waals surface area contributed by atoms with Crippen LogP contribution in [0.25, 0.3) is 22.3 Å². The fraction of sp³-hybridized carbons (Fsp3) is 0.143. The molecular formula is C21H17FN4. The Balaban J connectivity index is 1.56. The van der Waals surface area contributed by atoms with E-state index in [1.165, 1.54) is 17.2 Å². The molecule has 5 heteroatoms. The van der Waals surface area contributed by atoms with Gasteiger partial charge in [0, 0.05) is 16.6 Å². The molecule has 2 N–H and O–H groups in total. The fourth-order valence-electron chi connectivity index (χ4n) is 3.69. The average molecular weight is 344 g/mol. The van der Waals surface area contributed by atoms with Gasteiger partial charge in [0.25, 0.3) is 0 Å². The molecule has 0 bridgehead atoms. The minimum Gasteiger partial charge on any atom is -0.337 e. The lowest BCUT2D eigenvalue weighted by molar-refractivity contribution is 0.629. The SMILES string of the molecule is Fc1cc2c(-c3ccccc3)n[nH]c2nc1Nc1cccc2c1CCC2. The van der Waals surface area contributed by atoms with Gasteiger partial charge in [0.1, 0.15) is 5.69 Å². The van der Waals surface area contributed by atoms with E-state index in [0.717, 1.165) is 30.5 Å². The molecule has 128 valence electrons. The van der Waals surface area contributed by atoms with E-state index < -0.39 is 0 Å². The first-order valence-electron chi connectivity index (χ1n) is 8.77. The van der Waals surface area contributed by atoms with Crippen LogP contribution in [-0.2, 0) is 12.8 Å². The molecule has 26 heavy (non-hydrogen) atoms. The monoisotopic (exact) mass is 344 g/mol. The maximum atomic E-state index is 14.8. The number of rotatable bonds is 3. The zero-order chi connectivity index (χ0) is 17.5. The summed E-state index contributed by atoms with van der Waals surface area (Å²) < 4.78 is 14.8. The van der Waals surface area contributed by atoms with E-state index in [1.54, 1.807) is 0 Å². The lowest BCUT2D eigenvalue weighted by Crippen LogP contribution is -2.00. The van der Waals surface area contributed by atoms with Crippen LogP contribution in [-0.4, -0.2) is 15.2 Å². The lowest BCUT2D eigenvalue weighted by atomic mass is 10.1. The molecule has 0 amide bonds. The number of benzene rings is 2. The van der Waals surface area contributed by atoms with E-state index in [9.17, 15) is 4.39 Å². The summed E-state index contributed by atoms with van der Waals surface area (Å²) in [5.41, 5.74) is 5.75. The van der Waals surface area contributed by atoms with Crippen LogP contribution in [0.4, 0.5) is 15.9 Å². The maximum Gasteiger partial charge on any atom is 0.169 e. The van der Waals surface area contributed by atoms with Crippen molar-refractivity contribution in [3.05, 3.63) is 71.5 Å². The predicted octanol–water partition coefficient (Wildman–Crippen LogP) is 5.00. The van der Waals surface area contributed by atoms with Crippen LogP contribution in [0.15, 0.2) is 54.6 Å². The summed E-state index contributed by atoms with van der Waals surface area (Å²) in [4.78, 5) is 4.44. The molecule has 0 spiro atoms. The number of hydrogen-bond donors (Lipinski definition) is 2. The number of halogens is 1. The number of aryl methyl sites for hydroxylation is 1. The predicted molar refractivity (Wildman–Crippen MR) is 101 cm³/mol. The first kappa shape index (κ1) is 15.1. The minimum atomic E-state index is -0.383. The molecule has 2 aromatic carbocycles. The van der Waals surface area contributed by atoms with Gasteiger partial charge in [-0.3, -0.25) is 5.10 Å². The zero-order valence-corrected chi connectivity index (χ0v) is 14.1. The van der Waals surface area contributed by atoms with Crippen LogP contribution < -0.4 is 5.32 Å². The van der Waals surface area contributed by atoms with Gasteiger partial charge >= 0.3 is 0 Å². The Labute approximate surface area is 150 Å². The molecule has 0 radical (unpaired) electrons. The highest BCUT2D eigenvalue weighted by atomic mass is 19.1. The molecule has 0 saturated heterocycles. The molecular weight excluding hydrogens is 327 g/mol. The third-order valence-electron chi connectivity index (χ3n) is 4.95. The molecule has 0 saturated carbocycles. The normalized spacial score (nSPS) is 13.1. The standard InChI is InChI=1S/C21H17FN4/c22-17-12-16-19(14-6-2-1-3-7-14)25-26-20(16)24-21(17)23-18-11-5-9-13-8-4-10-15(13)18/h1-3,5-7,9,11-12H,4,8,10H2,(H2,23,24,25,26). The summed E-state index contributed by atoms with van der Waals surface area (Å²) in [6, 6.07) is 17.3. The van der Waals surface area contributed by atoms with Gasteiger partial charge in [-0.2, -0.15) is 5.10 Å². The van der Waals surface area contributed by atoms with Crippen molar-refractivity contribution in [2.75, 3.05) is 5.32 Å². The summed E-state index contributed by atoms with van der Waals surface area (Å²) in [5, 5.41) is 11.1. The Morgan fingerprint density at radius 1 is 1.00 bits per heavy atom. The molecule has 4 nitrogen and oxygen atoms in total. The lowest BCUT2D eigenvalue weighted by Gasteiger charge is -2.11. The first-order chi connectivity index (χ1) is 12.8. The smallest absolute Gasteiger partial charge is 0.169 e. The third kappa shape index (κ3) is 2.44. The Bertz CT molecular complexity index is 1100. The molecule has 1 aliphatic rings. The van der Waals surface area contributed by atoms with Crippen LogP contribution in [0.5, 0.6) is 0 Å². The topological polar surface area (TPSA) is 53.6 Å². The van der Waals surface area contributed by atoms with Crippen molar-refractivity contribution in [1.29, 1.82) is 0 Å². The van der Waals surface area contributed by atoms with Crippen molar-refractivity contribution in [3.8, 4) is 11.3 Å². The van der Waals surface area contributed by atoms with Gasteiger partial charge in [0.15, 0.2) is 17.3 Å². The summed E-state index contributed by atoms with van der Waals surface area (Å²) in [6.45, 7) is 0. The Morgan fingerprint density at radius 3 is 2.77 bits per heavy atom. The minimum absolute atomic E-state index is 0.223. The molecule has 2 heterocycles. The molecule has 0 unspecified atom stereocenters. The van der Waals surface area contributed by atoms with Gasteiger partial charge in [0.05, 0.1) is 0 Å². The summed E-state index contributed by atoms with van der Waals surface area (Å²) in [7, 11) is 0. The van der Waals surface area contributed by atoms with E-state index >= 15 is 0 Å². The van der Waals surface area contributed by atoms with Crippen molar-refractivity contribution in [2.24, 2.45) is 0 Å². The van der Waals surface area contributed by atoms with Gasteiger partial charge in [0.2, 0.25) is 0 Å². The largest absolute Gasteiger partial charge is 0.337 e. The third-order valence-corrected chi connectivity index (χ3v) is 4.95. The molecule has 4 aromatic rings. The number of aromatic amines is 1. The van der Waals surface area contributed by atoms with Crippen LogP contribution in [0.3, 0.4) is 0 Å². The van der Waals surface area contributed by atoms with Crippen molar-refractivity contribution in [3.63, 3.8) is 0 Å². The second-order valence-electron chi connectivity index (χ2n) is 6.58. The van der Waals surface area contributed by atoms with E-state index in [1.807, 2.05) is 42.5 Å². The zero-order valence-electron chi connectivity index (χ0n) is 14.1. The highest BCUT2D eigenvalue weighted by molar-refractivity contribution is 5.91. The number of pyridine rings is 1. The van der Waals surface area contributed by atoms with Crippen LogP contribution in [0.2, 0.25) is 0 Å². The number of aromatic nitrogens is 3. The van der Waals surface area contributed by atoms with Crippen molar-refractivity contribution in [1.82, 2.24) is 15.2 Å². The Morgan fingerprint density at radius 2 is 1.88 bits per heavy atom. The van der Waals surface area contributed by atoms with E-state index in [-0.39, 0.29) is 11.6 Å². The maximum absolute atomic E-state index is 14.8. The second kappa shape index (κ2) is 5.95. The highest BCUT2D eigenvalue weighted by Gasteiger charge is 2.17. The molecule has 0 atom stereocenters.